The highest BCUT2D eigenvalue weighted by Gasteiger charge is 2.15. The molecule has 0 fully saturated rings. The van der Waals surface area contributed by atoms with Crippen LogP contribution in [-0.4, -0.2) is 30.5 Å². The first-order valence-corrected chi connectivity index (χ1v) is 7.06. The Kier molecular flexibility index (Phi) is 2.97. The number of fused-ring (bicyclic) bond motifs is 2. The Morgan fingerprint density at radius 3 is 2.87 bits per heavy atom. The number of pyridine rings is 1. The predicted octanol–water partition coefficient (Wildman–Crippen LogP) is 2.23. The summed E-state index contributed by atoms with van der Waals surface area (Å²) in [7, 11) is 0. The van der Waals surface area contributed by atoms with Gasteiger partial charge in [0, 0.05) is 23.5 Å². The van der Waals surface area contributed by atoms with E-state index in [1.54, 1.807) is 23.0 Å². The maximum atomic E-state index is 12.4. The summed E-state index contributed by atoms with van der Waals surface area (Å²) in [6, 6.07) is 11.1. The van der Waals surface area contributed by atoms with Crippen LogP contribution in [-0.2, 0) is 0 Å². The normalized spacial score (nSPS) is 11.0. The van der Waals surface area contributed by atoms with Gasteiger partial charge in [0.2, 0.25) is 5.82 Å². The maximum Gasteiger partial charge on any atom is 0.295 e. The van der Waals surface area contributed by atoms with Crippen LogP contribution in [0.4, 0.5) is 5.69 Å². The lowest BCUT2D eigenvalue weighted by molar-refractivity contribution is 0.101. The highest BCUT2D eigenvalue weighted by Crippen LogP contribution is 2.21. The minimum absolute atomic E-state index is 0.0766. The molecular formula is C16H12N6O. The van der Waals surface area contributed by atoms with Crippen molar-refractivity contribution in [2.24, 2.45) is 0 Å². The molecule has 23 heavy (non-hydrogen) atoms. The van der Waals surface area contributed by atoms with E-state index in [2.05, 4.69) is 25.4 Å². The molecule has 0 saturated carbocycles. The molecule has 0 atom stereocenters. The zero-order valence-electron chi connectivity index (χ0n) is 12.3. The Balaban J connectivity index is 1.72. The Morgan fingerprint density at radius 2 is 2.00 bits per heavy atom. The van der Waals surface area contributed by atoms with Crippen molar-refractivity contribution >= 4 is 28.3 Å². The molecule has 0 bridgehead atoms. The highest BCUT2D eigenvalue weighted by atomic mass is 16.2. The van der Waals surface area contributed by atoms with Gasteiger partial charge in [0.05, 0.1) is 11.2 Å². The number of aromatic nitrogens is 5. The zero-order valence-corrected chi connectivity index (χ0v) is 12.3. The third kappa shape index (κ3) is 2.28. The number of aryl methyl sites for hydroxylation is 1. The van der Waals surface area contributed by atoms with E-state index in [1.165, 1.54) is 0 Å². The van der Waals surface area contributed by atoms with E-state index in [1.807, 2.05) is 37.3 Å². The summed E-state index contributed by atoms with van der Waals surface area (Å²) in [5, 5.41) is 7.90. The fourth-order valence-corrected chi connectivity index (χ4v) is 2.39. The molecule has 4 aromatic rings. The molecule has 0 saturated heterocycles. The van der Waals surface area contributed by atoms with E-state index < -0.39 is 0 Å². The smallest absolute Gasteiger partial charge is 0.295 e. The van der Waals surface area contributed by atoms with Crippen LogP contribution in [0.3, 0.4) is 0 Å². The molecule has 3 aromatic heterocycles. The number of hydrogen-bond donors (Lipinski definition) is 1. The average molecular weight is 304 g/mol. The van der Waals surface area contributed by atoms with Gasteiger partial charge >= 0.3 is 0 Å². The van der Waals surface area contributed by atoms with Crippen LogP contribution in [0.5, 0.6) is 0 Å². The van der Waals surface area contributed by atoms with Crippen molar-refractivity contribution in [3.63, 3.8) is 0 Å². The van der Waals surface area contributed by atoms with E-state index in [9.17, 15) is 4.79 Å². The standard InChI is InChI=1S/C16H12N6O/c1-10-7-9-18-16-20-14(21-22(10)16)15(23)19-13-6-2-5-12-11(13)4-3-8-17-12/h2-9H,1H3,(H,19,23). The number of hydrogen-bond acceptors (Lipinski definition) is 5. The van der Waals surface area contributed by atoms with Gasteiger partial charge in [-0.15, -0.1) is 5.10 Å². The molecule has 3 heterocycles. The fraction of sp³-hybridized carbons (Fsp3) is 0.0625. The molecule has 7 heteroatoms. The largest absolute Gasteiger partial charge is 0.319 e. The van der Waals surface area contributed by atoms with Crippen molar-refractivity contribution in [1.29, 1.82) is 0 Å². The lowest BCUT2D eigenvalue weighted by Crippen LogP contribution is -2.14. The van der Waals surface area contributed by atoms with Crippen LogP contribution in [0.15, 0.2) is 48.8 Å². The van der Waals surface area contributed by atoms with Crippen LogP contribution >= 0.6 is 0 Å². The molecule has 0 radical (unpaired) electrons. The van der Waals surface area contributed by atoms with Crippen LogP contribution in [0.2, 0.25) is 0 Å². The van der Waals surface area contributed by atoms with Gasteiger partial charge in [-0.05, 0) is 37.3 Å². The van der Waals surface area contributed by atoms with E-state index >= 15 is 0 Å². The fourth-order valence-electron chi connectivity index (χ4n) is 2.39. The first-order valence-electron chi connectivity index (χ1n) is 7.06. The number of anilines is 1. The van der Waals surface area contributed by atoms with Gasteiger partial charge in [-0.3, -0.25) is 9.78 Å². The third-order valence-electron chi connectivity index (χ3n) is 3.53. The molecule has 0 unspecified atom stereocenters. The topological polar surface area (TPSA) is 85.1 Å². The number of carbonyl (C=O) groups is 1. The van der Waals surface area contributed by atoms with Crippen LogP contribution in [0.1, 0.15) is 16.3 Å². The van der Waals surface area contributed by atoms with Crippen LogP contribution < -0.4 is 5.32 Å². The summed E-state index contributed by atoms with van der Waals surface area (Å²) in [4.78, 5) is 25.0. The lowest BCUT2D eigenvalue weighted by Gasteiger charge is -2.06. The van der Waals surface area contributed by atoms with Crippen molar-refractivity contribution < 1.29 is 4.79 Å². The van der Waals surface area contributed by atoms with Gasteiger partial charge in [-0.25, -0.2) is 9.50 Å². The molecule has 1 amide bonds. The molecule has 112 valence electrons. The Labute approximate surface area is 131 Å². The minimum atomic E-state index is -0.383. The first-order chi connectivity index (χ1) is 11.2. The van der Waals surface area contributed by atoms with Crippen molar-refractivity contribution in [2.75, 3.05) is 5.32 Å². The Morgan fingerprint density at radius 1 is 1.09 bits per heavy atom. The Bertz CT molecular complexity index is 1030. The SMILES string of the molecule is Cc1ccnc2nc(C(=O)Nc3cccc4ncccc34)nn12. The lowest BCUT2D eigenvalue weighted by atomic mass is 10.2. The summed E-state index contributed by atoms with van der Waals surface area (Å²) < 4.78 is 1.54. The highest BCUT2D eigenvalue weighted by molar-refractivity contribution is 6.06. The van der Waals surface area contributed by atoms with Crippen molar-refractivity contribution in [1.82, 2.24) is 24.6 Å². The molecule has 0 spiro atoms. The van der Waals surface area contributed by atoms with Crippen molar-refractivity contribution in [3.05, 3.63) is 60.3 Å². The summed E-state index contributed by atoms with van der Waals surface area (Å²) >= 11 is 0. The number of nitrogens with zero attached hydrogens (tertiary/aromatic N) is 5. The summed E-state index contributed by atoms with van der Waals surface area (Å²) in [6.07, 6.45) is 3.35. The summed E-state index contributed by atoms with van der Waals surface area (Å²) in [5.41, 5.74) is 2.34. The average Bonchev–Trinajstić information content (AvgIpc) is 3.01. The van der Waals surface area contributed by atoms with E-state index in [0.29, 0.717) is 11.5 Å². The zero-order chi connectivity index (χ0) is 15.8. The molecule has 1 N–H and O–H groups in total. The van der Waals surface area contributed by atoms with Gasteiger partial charge in [0.1, 0.15) is 0 Å². The molecule has 4 rings (SSSR count). The maximum absolute atomic E-state index is 12.4. The third-order valence-corrected chi connectivity index (χ3v) is 3.53. The number of amides is 1. The molecule has 0 aliphatic rings. The predicted molar refractivity (Wildman–Crippen MR) is 85.2 cm³/mol. The summed E-state index contributed by atoms with van der Waals surface area (Å²) in [5.74, 6) is 0.0914. The van der Waals surface area contributed by atoms with Gasteiger partial charge in [-0.2, -0.15) is 4.98 Å². The summed E-state index contributed by atoms with van der Waals surface area (Å²) in [6.45, 7) is 1.88. The van der Waals surface area contributed by atoms with Crippen molar-refractivity contribution in [2.45, 2.75) is 6.92 Å². The number of rotatable bonds is 2. The van der Waals surface area contributed by atoms with Crippen LogP contribution in [0.25, 0.3) is 16.7 Å². The number of nitrogens with one attached hydrogen (secondary N) is 1. The minimum Gasteiger partial charge on any atom is -0.319 e. The molecule has 7 nitrogen and oxygen atoms in total. The van der Waals surface area contributed by atoms with E-state index in [4.69, 9.17) is 0 Å². The molecule has 0 aliphatic carbocycles. The second kappa shape index (κ2) is 5.13. The van der Waals surface area contributed by atoms with Crippen LogP contribution in [0, 0.1) is 6.92 Å². The second-order valence-electron chi connectivity index (χ2n) is 5.06. The van der Waals surface area contributed by atoms with Gasteiger partial charge in [0.15, 0.2) is 0 Å². The van der Waals surface area contributed by atoms with Gasteiger partial charge in [0.25, 0.3) is 11.7 Å². The van der Waals surface area contributed by atoms with E-state index in [0.717, 1.165) is 16.6 Å². The number of benzene rings is 1. The molecule has 1 aromatic carbocycles. The van der Waals surface area contributed by atoms with Gasteiger partial charge < -0.3 is 5.32 Å². The Hall–Kier alpha value is -3.35. The van der Waals surface area contributed by atoms with Gasteiger partial charge in [-0.1, -0.05) is 6.07 Å². The monoisotopic (exact) mass is 304 g/mol. The molecule has 0 aliphatic heterocycles. The van der Waals surface area contributed by atoms with E-state index in [-0.39, 0.29) is 11.7 Å². The molecular weight excluding hydrogens is 292 g/mol. The second-order valence-corrected chi connectivity index (χ2v) is 5.06. The first kappa shape index (κ1) is 13.3. The quantitative estimate of drug-likeness (QED) is 0.614. The van der Waals surface area contributed by atoms with Crippen molar-refractivity contribution in [3.8, 4) is 0 Å². The number of carbonyl (C=O) groups excluding carboxylic acids is 1.